The standard InChI is InChI=1S/C25H34N2O2/c1-6-19-7-11-21(12-8-19)24-26(4)23(17-18(2)3)25(28)27(24)16-15-20-9-13-22(29-5)14-10-20/h7-14,18,23-24H,6,15-17H2,1-5H3/t23-,24+/m0/s1. The van der Waals surface area contributed by atoms with Crippen molar-refractivity contribution in [2.75, 3.05) is 20.7 Å². The Morgan fingerprint density at radius 2 is 1.62 bits per heavy atom. The molecule has 0 radical (unpaired) electrons. The van der Waals surface area contributed by atoms with E-state index in [1.54, 1.807) is 7.11 Å². The van der Waals surface area contributed by atoms with Gasteiger partial charge in [0.15, 0.2) is 0 Å². The largest absolute Gasteiger partial charge is 0.497 e. The van der Waals surface area contributed by atoms with Crippen molar-refractivity contribution in [1.82, 2.24) is 9.80 Å². The van der Waals surface area contributed by atoms with Crippen molar-refractivity contribution in [2.45, 2.75) is 52.2 Å². The summed E-state index contributed by atoms with van der Waals surface area (Å²) in [5.41, 5.74) is 3.73. The number of rotatable bonds is 8. The van der Waals surface area contributed by atoms with Crippen molar-refractivity contribution in [1.29, 1.82) is 0 Å². The molecule has 1 fully saturated rings. The zero-order valence-electron chi connectivity index (χ0n) is 18.4. The number of methoxy groups -OCH3 is 1. The lowest BCUT2D eigenvalue weighted by atomic mass is 10.0. The van der Waals surface area contributed by atoms with Gasteiger partial charge in [-0.05, 0) is 61.1 Å². The van der Waals surface area contributed by atoms with Crippen LogP contribution in [0.5, 0.6) is 5.75 Å². The fourth-order valence-corrected chi connectivity index (χ4v) is 4.20. The molecule has 4 heteroatoms. The van der Waals surface area contributed by atoms with Crippen molar-refractivity contribution in [3.8, 4) is 5.75 Å². The van der Waals surface area contributed by atoms with Crippen LogP contribution in [0.25, 0.3) is 0 Å². The van der Waals surface area contributed by atoms with Crippen molar-refractivity contribution < 1.29 is 9.53 Å². The van der Waals surface area contributed by atoms with Gasteiger partial charge in [0.25, 0.3) is 0 Å². The molecule has 2 atom stereocenters. The van der Waals surface area contributed by atoms with Crippen molar-refractivity contribution in [2.24, 2.45) is 5.92 Å². The summed E-state index contributed by atoms with van der Waals surface area (Å²) in [6, 6.07) is 16.8. The Labute approximate surface area is 175 Å². The van der Waals surface area contributed by atoms with E-state index in [2.05, 4.69) is 74.0 Å². The lowest BCUT2D eigenvalue weighted by Crippen LogP contribution is -2.33. The maximum Gasteiger partial charge on any atom is 0.241 e. The number of ether oxygens (including phenoxy) is 1. The highest BCUT2D eigenvalue weighted by Crippen LogP contribution is 2.35. The highest BCUT2D eigenvalue weighted by molar-refractivity contribution is 5.84. The Kier molecular flexibility index (Phi) is 6.96. The molecule has 1 amide bonds. The van der Waals surface area contributed by atoms with E-state index in [-0.39, 0.29) is 18.1 Å². The third-order valence-corrected chi connectivity index (χ3v) is 5.92. The molecule has 2 aromatic rings. The smallest absolute Gasteiger partial charge is 0.241 e. The van der Waals surface area contributed by atoms with Crippen LogP contribution >= 0.6 is 0 Å². The predicted octanol–water partition coefficient (Wildman–Crippen LogP) is 4.69. The molecule has 1 saturated heterocycles. The van der Waals surface area contributed by atoms with Crippen LogP contribution in [-0.4, -0.2) is 42.5 Å². The summed E-state index contributed by atoms with van der Waals surface area (Å²) < 4.78 is 5.25. The molecule has 0 spiro atoms. The normalized spacial score (nSPS) is 19.9. The van der Waals surface area contributed by atoms with Crippen molar-refractivity contribution in [3.05, 3.63) is 65.2 Å². The fourth-order valence-electron chi connectivity index (χ4n) is 4.20. The van der Waals surface area contributed by atoms with E-state index in [9.17, 15) is 4.79 Å². The second kappa shape index (κ2) is 9.45. The molecule has 0 N–H and O–H groups in total. The molecule has 0 bridgehead atoms. The molecule has 1 heterocycles. The van der Waals surface area contributed by atoms with E-state index in [1.807, 2.05) is 12.1 Å². The van der Waals surface area contributed by atoms with E-state index in [0.29, 0.717) is 12.5 Å². The van der Waals surface area contributed by atoms with Gasteiger partial charge in [0, 0.05) is 6.54 Å². The maximum absolute atomic E-state index is 13.3. The number of carbonyl (C=O) groups excluding carboxylic acids is 1. The minimum Gasteiger partial charge on any atom is -0.497 e. The zero-order valence-corrected chi connectivity index (χ0v) is 18.4. The fraction of sp³-hybridized carbons (Fsp3) is 0.480. The van der Waals surface area contributed by atoms with Crippen LogP contribution in [-0.2, 0) is 17.6 Å². The minimum atomic E-state index is -0.0540. The Morgan fingerprint density at radius 1 is 1.00 bits per heavy atom. The predicted molar refractivity (Wildman–Crippen MR) is 118 cm³/mol. The molecule has 2 aromatic carbocycles. The first-order chi connectivity index (χ1) is 13.9. The van der Waals surface area contributed by atoms with E-state index in [0.717, 1.165) is 25.0 Å². The number of carbonyl (C=O) groups is 1. The Hall–Kier alpha value is -2.33. The quantitative estimate of drug-likeness (QED) is 0.651. The van der Waals surface area contributed by atoms with Crippen LogP contribution in [0.15, 0.2) is 48.5 Å². The maximum atomic E-state index is 13.3. The molecule has 1 aliphatic heterocycles. The Morgan fingerprint density at radius 3 is 2.17 bits per heavy atom. The molecule has 29 heavy (non-hydrogen) atoms. The Bertz CT molecular complexity index is 799. The molecule has 4 nitrogen and oxygen atoms in total. The van der Waals surface area contributed by atoms with Gasteiger partial charge in [0.1, 0.15) is 11.9 Å². The highest BCUT2D eigenvalue weighted by Gasteiger charge is 2.44. The van der Waals surface area contributed by atoms with Gasteiger partial charge in [-0.1, -0.05) is 57.2 Å². The first-order valence-corrected chi connectivity index (χ1v) is 10.7. The lowest BCUT2D eigenvalue weighted by molar-refractivity contribution is -0.130. The number of benzene rings is 2. The number of likely N-dealkylation sites (N-methyl/N-ethyl adjacent to an activating group) is 1. The van der Waals surface area contributed by atoms with Crippen LogP contribution in [0.3, 0.4) is 0 Å². The number of aryl methyl sites for hydroxylation is 1. The summed E-state index contributed by atoms with van der Waals surface area (Å²) in [6.45, 7) is 7.25. The molecule has 156 valence electrons. The Balaban J connectivity index is 1.83. The van der Waals surface area contributed by atoms with Gasteiger partial charge < -0.3 is 9.64 Å². The van der Waals surface area contributed by atoms with E-state index < -0.39 is 0 Å². The summed E-state index contributed by atoms with van der Waals surface area (Å²) in [5, 5.41) is 0. The number of nitrogens with zero attached hydrogens (tertiary/aromatic N) is 2. The van der Waals surface area contributed by atoms with E-state index in [1.165, 1.54) is 16.7 Å². The van der Waals surface area contributed by atoms with Crippen molar-refractivity contribution >= 4 is 5.91 Å². The third-order valence-electron chi connectivity index (χ3n) is 5.92. The molecule has 0 unspecified atom stereocenters. The summed E-state index contributed by atoms with van der Waals surface area (Å²) in [7, 11) is 3.77. The minimum absolute atomic E-state index is 0.00426. The third kappa shape index (κ3) is 4.81. The SMILES string of the molecule is CCc1ccc([C@H]2N(CCc3ccc(OC)cc3)C(=O)[C@H](CC(C)C)N2C)cc1. The van der Waals surface area contributed by atoms with Crippen LogP contribution < -0.4 is 4.74 Å². The molecule has 1 aliphatic rings. The van der Waals surface area contributed by atoms with Gasteiger partial charge in [-0.2, -0.15) is 0 Å². The van der Waals surface area contributed by atoms with Gasteiger partial charge in [-0.25, -0.2) is 0 Å². The van der Waals surface area contributed by atoms with Crippen LogP contribution in [0.1, 0.15) is 50.0 Å². The van der Waals surface area contributed by atoms with Gasteiger partial charge in [0.2, 0.25) is 5.91 Å². The first-order valence-electron chi connectivity index (χ1n) is 10.7. The van der Waals surface area contributed by atoms with Gasteiger partial charge in [-0.15, -0.1) is 0 Å². The lowest BCUT2D eigenvalue weighted by Gasteiger charge is -2.29. The van der Waals surface area contributed by atoms with Gasteiger partial charge >= 0.3 is 0 Å². The topological polar surface area (TPSA) is 32.8 Å². The molecule has 0 aliphatic carbocycles. The second-order valence-corrected chi connectivity index (χ2v) is 8.41. The molecular formula is C25H34N2O2. The number of hydrogen-bond acceptors (Lipinski definition) is 3. The van der Waals surface area contributed by atoms with Crippen LogP contribution in [0.4, 0.5) is 0 Å². The molecule has 3 rings (SSSR count). The highest BCUT2D eigenvalue weighted by atomic mass is 16.5. The zero-order chi connectivity index (χ0) is 21.0. The molecule has 0 saturated carbocycles. The summed E-state index contributed by atoms with van der Waals surface area (Å²) in [6.07, 6.45) is 2.74. The summed E-state index contributed by atoms with van der Waals surface area (Å²) >= 11 is 0. The van der Waals surface area contributed by atoms with E-state index in [4.69, 9.17) is 4.74 Å². The number of hydrogen-bond donors (Lipinski definition) is 0. The van der Waals surface area contributed by atoms with Crippen LogP contribution in [0.2, 0.25) is 0 Å². The molecular weight excluding hydrogens is 360 g/mol. The van der Waals surface area contributed by atoms with Crippen molar-refractivity contribution in [3.63, 3.8) is 0 Å². The average Bonchev–Trinajstić information content (AvgIpc) is 2.96. The molecule has 0 aromatic heterocycles. The van der Waals surface area contributed by atoms with E-state index >= 15 is 0 Å². The number of amides is 1. The average molecular weight is 395 g/mol. The summed E-state index contributed by atoms with van der Waals surface area (Å²) in [4.78, 5) is 17.7. The van der Waals surface area contributed by atoms with Gasteiger partial charge in [0.05, 0.1) is 13.2 Å². The monoisotopic (exact) mass is 394 g/mol. The van der Waals surface area contributed by atoms with Crippen LogP contribution in [0, 0.1) is 5.92 Å². The first kappa shape index (κ1) is 21.4. The van der Waals surface area contributed by atoms with Gasteiger partial charge in [-0.3, -0.25) is 9.69 Å². The second-order valence-electron chi connectivity index (χ2n) is 8.41. The summed E-state index contributed by atoms with van der Waals surface area (Å²) in [5.74, 6) is 1.59.